The zero-order valence-corrected chi connectivity index (χ0v) is 19.7. The number of hydrogen-bond donors (Lipinski definition) is 2. The Bertz CT molecular complexity index is 1220. The Hall–Kier alpha value is -3.50. The molecule has 182 valence electrons. The summed E-state index contributed by atoms with van der Waals surface area (Å²) in [5.74, 6) is -1.87. The molecule has 2 amide bonds. The lowest BCUT2D eigenvalue weighted by molar-refractivity contribution is -0.144. The van der Waals surface area contributed by atoms with Crippen molar-refractivity contribution in [3.8, 4) is 0 Å². The Morgan fingerprint density at radius 2 is 1.71 bits per heavy atom. The van der Waals surface area contributed by atoms with Gasteiger partial charge in [0.25, 0.3) is 17.5 Å². The van der Waals surface area contributed by atoms with E-state index in [0.717, 1.165) is 10.9 Å². The van der Waals surface area contributed by atoms with Gasteiger partial charge in [-0.15, -0.1) is 5.10 Å². The molecule has 11 heteroatoms. The third kappa shape index (κ3) is 5.70. The van der Waals surface area contributed by atoms with Crippen molar-refractivity contribution in [1.29, 1.82) is 0 Å². The molecule has 0 fully saturated rings. The molecule has 0 aliphatic carbocycles. The second kappa shape index (κ2) is 9.40. The average molecular weight is 477 g/mol. The van der Waals surface area contributed by atoms with Crippen LogP contribution in [0.4, 0.5) is 18.9 Å². The predicted octanol–water partition coefficient (Wildman–Crippen LogP) is 4.25. The van der Waals surface area contributed by atoms with Gasteiger partial charge in [0, 0.05) is 34.6 Å². The fraction of sp³-hybridized carbons (Fsp3) is 0.435. The highest BCUT2D eigenvalue weighted by Gasteiger charge is 2.37. The first-order valence-electron chi connectivity index (χ1n) is 10.8. The summed E-state index contributed by atoms with van der Waals surface area (Å²) in [5, 5.41) is 9.23. The van der Waals surface area contributed by atoms with Crippen molar-refractivity contribution in [3.63, 3.8) is 0 Å². The fourth-order valence-electron chi connectivity index (χ4n) is 3.33. The summed E-state index contributed by atoms with van der Waals surface area (Å²) in [6, 6.07) is 6.55. The normalized spacial score (nSPS) is 12.1. The van der Waals surface area contributed by atoms with E-state index in [0.29, 0.717) is 28.2 Å². The van der Waals surface area contributed by atoms with Gasteiger partial charge in [-0.25, -0.2) is 9.50 Å². The van der Waals surface area contributed by atoms with Crippen LogP contribution >= 0.6 is 0 Å². The van der Waals surface area contributed by atoms with E-state index in [9.17, 15) is 22.8 Å². The lowest BCUT2D eigenvalue weighted by atomic mass is 10.0. The quantitative estimate of drug-likeness (QED) is 0.531. The number of carbonyl (C=O) groups is 2. The number of amides is 2. The van der Waals surface area contributed by atoms with E-state index in [1.54, 1.807) is 38.1 Å². The molecule has 3 rings (SSSR count). The summed E-state index contributed by atoms with van der Waals surface area (Å²) in [5.41, 5.74) is 2.26. The lowest BCUT2D eigenvalue weighted by Gasteiger charge is -2.24. The van der Waals surface area contributed by atoms with Crippen molar-refractivity contribution in [3.05, 3.63) is 52.6 Å². The maximum atomic E-state index is 12.9. The van der Waals surface area contributed by atoms with Crippen LogP contribution in [0, 0.1) is 13.8 Å². The first kappa shape index (κ1) is 25.1. The minimum atomic E-state index is -4.67. The minimum absolute atomic E-state index is 0.0859. The van der Waals surface area contributed by atoms with Gasteiger partial charge in [0.15, 0.2) is 0 Å². The number of fused-ring (bicyclic) bond motifs is 1. The van der Waals surface area contributed by atoms with Crippen molar-refractivity contribution in [2.75, 3.05) is 5.32 Å². The summed E-state index contributed by atoms with van der Waals surface area (Å²) in [7, 11) is 0. The number of aryl methyl sites for hydroxylation is 2. The van der Waals surface area contributed by atoms with Gasteiger partial charge in [-0.2, -0.15) is 18.2 Å². The van der Waals surface area contributed by atoms with Gasteiger partial charge in [-0.05, 0) is 70.4 Å². The molecule has 0 atom stereocenters. The largest absolute Gasteiger partial charge is 0.453 e. The van der Waals surface area contributed by atoms with E-state index in [-0.39, 0.29) is 36.0 Å². The zero-order valence-electron chi connectivity index (χ0n) is 19.7. The molecule has 0 bridgehead atoms. The van der Waals surface area contributed by atoms with E-state index in [1.807, 2.05) is 20.8 Å². The summed E-state index contributed by atoms with van der Waals surface area (Å²) in [6.45, 7) is 9.14. The molecule has 2 heterocycles. The molecule has 0 saturated heterocycles. The maximum Gasteiger partial charge on any atom is 0.453 e. The molecular formula is C23H27F3N6O2. The van der Waals surface area contributed by atoms with Gasteiger partial charge in [-0.1, -0.05) is 6.92 Å². The third-order valence-electron chi connectivity index (χ3n) is 5.67. The van der Waals surface area contributed by atoms with Crippen LogP contribution < -0.4 is 10.6 Å². The molecular weight excluding hydrogens is 449 g/mol. The number of anilines is 1. The number of carbonyl (C=O) groups excluding carboxylic acids is 2. The van der Waals surface area contributed by atoms with Crippen molar-refractivity contribution in [2.45, 2.75) is 65.6 Å². The first-order valence-corrected chi connectivity index (χ1v) is 10.8. The van der Waals surface area contributed by atoms with Crippen LogP contribution in [0.2, 0.25) is 0 Å². The number of alkyl halides is 3. The van der Waals surface area contributed by atoms with Crippen LogP contribution in [-0.2, 0) is 17.4 Å². The van der Waals surface area contributed by atoms with Gasteiger partial charge in [0.05, 0.1) is 0 Å². The Balaban J connectivity index is 1.65. The summed E-state index contributed by atoms with van der Waals surface area (Å²) >= 11 is 0. The maximum absolute atomic E-state index is 12.9. The van der Waals surface area contributed by atoms with Crippen LogP contribution in [0.1, 0.15) is 66.7 Å². The fourth-order valence-corrected chi connectivity index (χ4v) is 3.33. The van der Waals surface area contributed by atoms with E-state index < -0.39 is 12.0 Å². The number of halogens is 3. The Morgan fingerprint density at radius 1 is 1.06 bits per heavy atom. The van der Waals surface area contributed by atoms with Crippen molar-refractivity contribution >= 4 is 23.3 Å². The molecule has 3 aromatic rings. The highest BCUT2D eigenvalue weighted by molar-refractivity contribution is 5.96. The van der Waals surface area contributed by atoms with Gasteiger partial charge in [-0.3, -0.25) is 9.59 Å². The van der Waals surface area contributed by atoms with Crippen molar-refractivity contribution < 1.29 is 22.8 Å². The molecule has 0 aliphatic heterocycles. The molecule has 2 N–H and O–H groups in total. The van der Waals surface area contributed by atoms with Gasteiger partial charge >= 0.3 is 6.18 Å². The number of nitrogens with one attached hydrogen (secondary N) is 2. The number of benzene rings is 1. The molecule has 1 aromatic carbocycles. The van der Waals surface area contributed by atoms with Crippen molar-refractivity contribution in [2.24, 2.45) is 0 Å². The Labute approximate surface area is 195 Å². The number of nitrogens with zero attached hydrogens (tertiary/aromatic N) is 4. The SMILES string of the molecule is CCC(C)(C)NC(=O)c1ccc(NC(=O)CCc2c(C)nc3nc(C(F)(F)F)nn3c2C)cc1. The second-order valence-corrected chi connectivity index (χ2v) is 8.72. The lowest BCUT2D eigenvalue weighted by Crippen LogP contribution is -2.42. The van der Waals surface area contributed by atoms with Crippen LogP contribution in [0.5, 0.6) is 0 Å². The van der Waals surface area contributed by atoms with Crippen LogP contribution in [0.15, 0.2) is 24.3 Å². The molecule has 2 aromatic heterocycles. The molecule has 8 nitrogen and oxygen atoms in total. The molecule has 0 saturated carbocycles. The monoisotopic (exact) mass is 476 g/mol. The molecule has 0 aliphatic rings. The molecule has 0 radical (unpaired) electrons. The number of hydrogen-bond acceptors (Lipinski definition) is 5. The van der Waals surface area contributed by atoms with Crippen molar-refractivity contribution in [1.82, 2.24) is 24.9 Å². The highest BCUT2D eigenvalue weighted by atomic mass is 19.4. The Kier molecular flexibility index (Phi) is 6.94. The average Bonchev–Trinajstić information content (AvgIpc) is 3.18. The second-order valence-electron chi connectivity index (χ2n) is 8.72. The van der Waals surface area contributed by atoms with Gasteiger partial charge in [0.1, 0.15) is 0 Å². The topological polar surface area (TPSA) is 101 Å². The Morgan fingerprint density at radius 3 is 2.29 bits per heavy atom. The number of rotatable bonds is 7. The van der Waals surface area contributed by atoms with E-state index in [2.05, 4.69) is 25.7 Å². The van der Waals surface area contributed by atoms with E-state index in [4.69, 9.17) is 0 Å². The van der Waals surface area contributed by atoms with E-state index >= 15 is 0 Å². The molecule has 34 heavy (non-hydrogen) atoms. The molecule has 0 unspecified atom stereocenters. The van der Waals surface area contributed by atoms with Crippen LogP contribution in [-0.4, -0.2) is 36.9 Å². The van der Waals surface area contributed by atoms with Crippen LogP contribution in [0.3, 0.4) is 0 Å². The number of aromatic nitrogens is 4. The zero-order chi connectivity index (χ0) is 25.3. The van der Waals surface area contributed by atoms with E-state index in [1.165, 1.54) is 0 Å². The summed E-state index contributed by atoms with van der Waals surface area (Å²) < 4.78 is 39.9. The smallest absolute Gasteiger partial charge is 0.347 e. The summed E-state index contributed by atoms with van der Waals surface area (Å²) in [6.07, 6.45) is -3.53. The minimum Gasteiger partial charge on any atom is -0.347 e. The predicted molar refractivity (Wildman–Crippen MR) is 120 cm³/mol. The molecule has 0 spiro atoms. The first-order chi connectivity index (χ1) is 15.8. The van der Waals surface area contributed by atoms with Gasteiger partial charge < -0.3 is 10.6 Å². The standard InChI is InChI=1S/C23H27F3N6O2/c1-6-22(4,5)30-19(34)15-7-9-16(10-8-15)28-18(33)12-11-17-13(2)27-21-29-20(23(24,25)26)31-32(21)14(17)3/h7-10H,6,11-12H2,1-5H3,(H,28,33)(H,30,34). The highest BCUT2D eigenvalue weighted by Crippen LogP contribution is 2.27. The third-order valence-corrected chi connectivity index (χ3v) is 5.67. The summed E-state index contributed by atoms with van der Waals surface area (Å²) in [4.78, 5) is 32.4. The van der Waals surface area contributed by atoms with Gasteiger partial charge in [0.2, 0.25) is 5.91 Å². The van der Waals surface area contributed by atoms with Crippen LogP contribution in [0.25, 0.3) is 5.78 Å².